The Kier molecular flexibility index (Phi) is 6.37. The number of rotatable bonds is 6. The zero-order valence-corrected chi connectivity index (χ0v) is 15.4. The number of carbonyl (C=O) groups is 1. The highest BCUT2D eigenvalue weighted by Crippen LogP contribution is 2.23. The number of unbranched alkanes of at least 4 members (excludes halogenated alkanes) is 1. The van der Waals surface area contributed by atoms with E-state index in [2.05, 4.69) is 6.92 Å². The van der Waals surface area contributed by atoms with Gasteiger partial charge in [0.1, 0.15) is 0 Å². The lowest BCUT2D eigenvalue weighted by Crippen LogP contribution is -2.41. The van der Waals surface area contributed by atoms with E-state index in [1.165, 1.54) is 10.4 Å². The first-order chi connectivity index (χ1) is 11.4. The average molecular weight is 354 g/mol. The van der Waals surface area contributed by atoms with Crippen molar-refractivity contribution in [3.8, 4) is 0 Å². The first kappa shape index (κ1) is 18.9. The van der Waals surface area contributed by atoms with E-state index in [1.54, 1.807) is 31.0 Å². The number of morpholine rings is 1. The van der Waals surface area contributed by atoms with Gasteiger partial charge in [-0.25, -0.2) is 8.42 Å². The van der Waals surface area contributed by atoms with Crippen molar-refractivity contribution in [1.82, 2.24) is 9.21 Å². The minimum Gasteiger partial charge on any atom is -0.379 e. The Labute approximate surface area is 144 Å². The molecule has 1 heterocycles. The summed E-state index contributed by atoms with van der Waals surface area (Å²) in [6.07, 6.45) is 1.93. The molecule has 134 valence electrons. The highest BCUT2D eigenvalue weighted by Gasteiger charge is 2.28. The number of benzene rings is 1. The minimum atomic E-state index is -3.61. The van der Waals surface area contributed by atoms with E-state index >= 15 is 0 Å². The molecule has 0 N–H and O–H groups in total. The van der Waals surface area contributed by atoms with Crippen molar-refractivity contribution < 1.29 is 17.9 Å². The molecule has 1 aromatic carbocycles. The van der Waals surface area contributed by atoms with Crippen molar-refractivity contribution in [3.05, 3.63) is 29.3 Å². The maximum absolute atomic E-state index is 12.9. The van der Waals surface area contributed by atoms with E-state index in [1.807, 2.05) is 0 Å². The molecule has 1 aliphatic rings. The summed E-state index contributed by atoms with van der Waals surface area (Å²) in [6, 6.07) is 4.90. The number of hydrogen-bond acceptors (Lipinski definition) is 4. The molecule has 1 fully saturated rings. The monoisotopic (exact) mass is 354 g/mol. The molecule has 0 aromatic heterocycles. The highest BCUT2D eigenvalue weighted by molar-refractivity contribution is 7.89. The van der Waals surface area contributed by atoms with Crippen LogP contribution in [0.25, 0.3) is 0 Å². The molecule has 1 amide bonds. The zero-order valence-electron chi connectivity index (χ0n) is 14.6. The van der Waals surface area contributed by atoms with Crippen LogP contribution in [0.15, 0.2) is 23.1 Å². The molecule has 24 heavy (non-hydrogen) atoms. The van der Waals surface area contributed by atoms with Gasteiger partial charge in [-0.3, -0.25) is 4.79 Å². The fraction of sp³-hybridized carbons (Fsp3) is 0.588. The minimum absolute atomic E-state index is 0.151. The van der Waals surface area contributed by atoms with Crippen molar-refractivity contribution in [1.29, 1.82) is 0 Å². The zero-order chi connectivity index (χ0) is 17.7. The maximum atomic E-state index is 12.9. The molecule has 6 nitrogen and oxygen atoms in total. The predicted molar refractivity (Wildman–Crippen MR) is 92.6 cm³/mol. The van der Waals surface area contributed by atoms with Crippen LogP contribution in [0.2, 0.25) is 0 Å². The molecule has 7 heteroatoms. The first-order valence-corrected chi connectivity index (χ1v) is 9.76. The van der Waals surface area contributed by atoms with E-state index in [9.17, 15) is 13.2 Å². The van der Waals surface area contributed by atoms with Gasteiger partial charge in [-0.1, -0.05) is 19.4 Å². The number of sulfonamides is 1. The Morgan fingerprint density at radius 1 is 1.29 bits per heavy atom. The van der Waals surface area contributed by atoms with Crippen molar-refractivity contribution >= 4 is 15.9 Å². The quantitative estimate of drug-likeness (QED) is 0.782. The second-order valence-corrected chi connectivity index (χ2v) is 7.98. The molecule has 1 saturated heterocycles. The van der Waals surface area contributed by atoms with Gasteiger partial charge in [-0.15, -0.1) is 0 Å². The van der Waals surface area contributed by atoms with Crippen LogP contribution in [-0.2, 0) is 14.8 Å². The molecule has 0 aliphatic carbocycles. The van der Waals surface area contributed by atoms with Gasteiger partial charge in [-0.2, -0.15) is 4.31 Å². The van der Waals surface area contributed by atoms with Gasteiger partial charge in [0, 0.05) is 32.2 Å². The van der Waals surface area contributed by atoms with Gasteiger partial charge in [0.2, 0.25) is 10.0 Å². The highest BCUT2D eigenvalue weighted by atomic mass is 32.2. The summed E-state index contributed by atoms with van der Waals surface area (Å²) in [6.45, 7) is 5.97. The van der Waals surface area contributed by atoms with Gasteiger partial charge in [0.15, 0.2) is 0 Å². The molecule has 0 saturated carbocycles. The Morgan fingerprint density at radius 2 is 1.96 bits per heavy atom. The van der Waals surface area contributed by atoms with Crippen LogP contribution < -0.4 is 0 Å². The second kappa shape index (κ2) is 8.09. The van der Waals surface area contributed by atoms with Crippen molar-refractivity contribution in [3.63, 3.8) is 0 Å². The Hall–Kier alpha value is -1.44. The van der Waals surface area contributed by atoms with Crippen LogP contribution in [-0.4, -0.2) is 63.4 Å². The van der Waals surface area contributed by atoms with Gasteiger partial charge in [-0.05, 0) is 31.0 Å². The molecule has 0 unspecified atom stereocenters. The topological polar surface area (TPSA) is 66.9 Å². The largest absolute Gasteiger partial charge is 0.379 e. The van der Waals surface area contributed by atoms with E-state index in [0.29, 0.717) is 44.0 Å². The van der Waals surface area contributed by atoms with E-state index in [4.69, 9.17) is 4.74 Å². The van der Waals surface area contributed by atoms with Crippen LogP contribution >= 0.6 is 0 Å². The van der Waals surface area contributed by atoms with E-state index in [-0.39, 0.29) is 10.8 Å². The molecule has 0 radical (unpaired) electrons. The normalized spacial score (nSPS) is 16.1. The van der Waals surface area contributed by atoms with Gasteiger partial charge >= 0.3 is 0 Å². The number of aryl methyl sites for hydroxylation is 1. The number of ether oxygens (including phenoxy) is 1. The van der Waals surface area contributed by atoms with Crippen LogP contribution in [0, 0.1) is 6.92 Å². The third-order valence-corrected chi connectivity index (χ3v) is 6.26. The fourth-order valence-electron chi connectivity index (χ4n) is 2.65. The Bertz CT molecular complexity index is 682. The maximum Gasteiger partial charge on any atom is 0.253 e. The molecule has 1 aliphatic heterocycles. The second-order valence-electron chi connectivity index (χ2n) is 6.08. The van der Waals surface area contributed by atoms with Crippen molar-refractivity contribution in [2.24, 2.45) is 0 Å². The Balaban J connectivity index is 2.29. The molecule has 0 bridgehead atoms. The third-order valence-electron chi connectivity index (χ3n) is 4.22. The summed E-state index contributed by atoms with van der Waals surface area (Å²) >= 11 is 0. The van der Waals surface area contributed by atoms with Crippen LogP contribution in [0.1, 0.15) is 35.7 Å². The molecule has 2 rings (SSSR count). The molecule has 0 atom stereocenters. The van der Waals surface area contributed by atoms with Crippen molar-refractivity contribution in [2.45, 2.75) is 31.6 Å². The van der Waals surface area contributed by atoms with E-state index in [0.717, 1.165) is 12.8 Å². The van der Waals surface area contributed by atoms with Crippen molar-refractivity contribution in [2.75, 3.05) is 39.9 Å². The van der Waals surface area contributed by atoms with Crippen LogP contribution in [0.3, 0.4) is 0 Å². The smallest absolute Gasteiger partial charge is 0.253 e. The predicted octanol–water partition coefficient (Wildman–Crippen LogP) is 1.89. The Morgan fingerprint density at radius 3 is 2.58 bits per heavy atom. The summed E-state index contributed by atoms with van der Waals surface area (Å²) in [7, 11) is -1.86. The van der Waals surface area contributed by atoms with Gasteiger partial charge in [0.05, 0.1) is 18.1 Å². The summed E-state index contributed by atoms with van der Waals surface area (Å²) in [5.74, 6) is -0.151. The standard InChI is InChI=1S/C17H26N2O4S/c1-4-5-8-18(3)17(20)15-7-6-14(2)16(13-15)24(21,22)19-9-11-23-12-10-19/h6-7,13H,4-5,8-12H2,1-3H3. The lowest BCUT2D eigenvalue weighted by atomic mass is 10.1. The summed E-state index contributed by atoms with van der Waals surface area (Å²) in [5, 5.41) is 0. The van der Waals surface area contributed by atoms with Crippen LogP contribution in [0.5, 0.6) is 0 Å². The molecular formula is C17H26N2O4S. The van der Waals surface area contributed by atoms with Crippen LogP contribution in [0.4, 0.5) is 0 Å². The van der Waals surface area contributed by atoms with E-state index < -0.39 is 10.0 Å². The molecular weight excluding hydrogens is 328 g/mol. The number of carbonyl (C=O) groups excluding carboxylic acids is 1. The molecule has 1 aromatic rings. The van der Waals surface area contributed by atoms with Gasteiger partial charge < -0.3 is 9.64 Å². The first-order valence-electron chi connectivity index (χ1n) is 8.32. The number of amides is 1. The lowest BCUT2D eigenvalue weighted by molar-refractivity contribution is 0.0730. The summed E-state index contributed by atoms with van der Waals surface area (Å²) in [5.41, 5.74) is 1.06. The molecule has 0 spiro atoms. The fourth-order valence-corrected chi connectivity index (χ4v) is 4.31. The third kappa shape index (κ3) is 4.15. The van der Waals surface area contributed by atoms with Gasteiger partial charge in [0.25, 0.3) is 5.91 Å². The number of hydrogen-bond donors (Lipinski definition) is 0. The average Bonchev–Trinajstić information content (AvgIpc) is 2.60. The lowest BCUT2D eigenvalue weighted by Gasteiger charge is -2.27. The SMILES string of the molecule is CCCCN(C)C(=O)c1ccc(C)c(S(=O)(=O)N2CCOCC2)c1. The summed E-state index contributed by atoms with van der Waals surface area (Å²) in [4.78, 5) is 14.4. The summed E-state index contributed by atoms with van der Waals surface area (Å²) < 4.78 is 32.4. The number of nitrogens with zero attached hydrogens (tertiary/aromatic N) is 2.